The molecule has 12 nitrogen and oxygen atoms in total. The van der Waals surface area contributed by atoms with Gasteiger partial charge >= 0.3 is 0 Å². The van der Waals surface area contributed by atoms with Crippen LogP contribution in [0.15, 0.2) is 122 Å². The number of hydrogen-bond donors (Lipinski definition) is 2. The molecule has 0 spiro atoms. The molecule has 12 heteroatoms. The van der Waals surface area contributed by atoms with E-state index in [1.165, 1.54) is 0 Å². The molecule has 0 saturated heterocycles. The Labute approximate surface area is 314 Å². The predicted octanol–water partition coefficient (Wildman–Crippen LogP) is 9.06. The van der Waals surface area contributed by atoms with Crippen LogP contribution in [0.1, 0.15) is 0 Å². The highest BCUT2D eigenvalue weighted by Gasteiger charge is 2.25. The molecule has 13 rings (SSSR count). The van der Waals surface area contributed by atoms with Gasteiger partial charge in [-0.15, -0.1) is 0 Å². The molecule has 0 radical (unpaired) electrons. The zero-order valence-corrected chi connectivity index (χ0v) is 29.0. The van der Waals surface area contributed by atoms with E-state index in [4.69, 9.17) is 29.9 Å². The average Bonchev–Trinajstić information content (AvgIpc) is 3.99. The van der Waals surface area contributed by atoms with Crippen LogP contribution >= 0.6 is 0 Å². The minimum absolute atomic E-state index is 0.510. The maximum Gasteiger partial charge on any atom is 0.165 e. The van der Waals surface area contributed by atoms with Gasteiger partial charge in [0.1, 0.15) is 22.6 Å². The fraction of sp³-hybridized carbons (Fsp3) is 0. The Morgan fingerprint density at radius 3 is 1.12 bits per heavy atom. The summed E-state index contributed by atoms with van der Waals surface area (Å²) in [5, 5.41) is 11.3. The first-order chi connectivity index (χ1) is 27.7. The number of fused-ring (bicyclic) bond motifs is 28. The molecule has 9 heterocycles. The van der Waals surface area contributed by atoms with Crippen LogP contribution in [-0.2, 0) is 0 Å². The van der Waals surface area contributed by atoms with Crippen molar-refractivity contribution in [2.24, 2.45) is 0 Å². The zero-order chi connectivity index (χ0) is 36.5. The molecule has 2 aliphatic rings. The molecule has 0 atom stereocenters. The monoisotopic (exact) mass is 718 g/mol. The van der Waals surface area contributed by atoms with Gasteiger partial charge in [-0.1, -0.05) is 24.3 Å². The second kappa shape index (κ2) is 10.7. The van der Waals surface area contributed by atoms with E-state index in [1.54, 1.807) is 24.8 Å². The highest BCUT2D eigenvalue weighted by atomic mass is 15.1. The number of pyridine rings is 4. The molecular weight excluding hydrogens is 697 g/mol. The van der Waals surface area contributed by atoms with E-state index in [-0.39, 0.29) is 0 Å². The van der Waals surface area contributed by atoms with Crippen LogP contribution in [0.25, 0.3) is 133 Å². The first-order valence-corrected chi connectivity index (χ1v) is 18.0. The third-order valence-corrected chi connectivity index (χ3v) is 11.0. The second-order valence-electron chi connectivity index (χ2n) is 13.9. The van der Waals surface area contributed by atoms with Crippen molar-refractivity contribution in [3.63, 3.8) is 0 Å². The Morgan fingerprint density at radius 2 is 0.679 bits per heavy atom. The van der Waals surface area contributed by atoms with Crippen LogP contribution in [0.3, 0.4) is 0 Å². The third kappa shape index (κ3) is 4.01. The summed E-state index contributed by atoms with van der Waals surface area (Å²) in [5.74, 6) is 2.05. The lowest BCUT2D eigenvalue weighted by molar-refractivity contribution is 1.19. The molecule has 2 aliphatic heterocycles. The number of rotatable bonds is 0. The number of hydrogen-bond acceptors (Lipinski definition) is 10. The Hall–Kier alpha value is -8.12. The number of H-pyrrole nitrogens is 2. The van der Waals surface area contributed by atoms with E-state index < -0.39 is 0 Å². The molecule has 0 saturated carbocycles. The lowest BCUT2D eigenvalue weighted by Gasteiger charge is -2.04. The summed E-state index contributed by atoms with van der Waals surface area (Å²) in [4.78, 5) is 56.7. The third-order valence-electron chi connectivity index (χ3n) is 11.0. The van der Waals surface area contributed by atoms with Crippen molar-refractivity contribution in [2.45, 2.75) is 0 Å². The Kier molecular flexibility index (Phi) is 5.63. The number of aromatic amines is 2. The van der Waals surface area contributed by atoms with Gasteiger partial charge in [0.25, 0.3) is 0 Å². The molecule has 11 aromatic rings. The largest absolute Gasteiger partial charge is 0.324 e. The molecule has 0 amide bonds. The van der Waals surface area contributed by atoms with Crippen molar-refractivity contribution in [3.8, 4) is 45.6 Å². The van der Waals surface area contributed by atoms with Crippen LogP contribution in [0, 0.1) is 0 Å². The topological polar surface area (TPSA) is 160 Å². The van der Waals surface area contributed by atoms with Crippen LogP contribution in [0.5, 0.6) is 0 Å². The number of aromatic nitrogens is 12. The van der Waals surface area contributed by atoms with E-state index in [1.807, 2.05) is 49.1 Å². The fourth-order valence-corrected chi connectivity index (χ4v) is 8.42. The summed E-state index contributed by atoms with van der Waals surface area (Å²) in [6, 6.07) is 24.5. The SMILES string of the molecule is c1cc2ccc3c(c2cn1)-c1nc-3nc2[nH]c(nc3nc(nc4[nH]c(n1)c1ccc5ccncc5c41)-c1ccc4ccncc4c1-3)c1ccc3ccncc3c21. The van der Waals surface area contributed by atoms with Crippen LogP contribution < -0.4 is 0 Å². The summed E-state index contributed by atoms with van der Waals surface area (Å²) in [7, 11) is 0. The minimum Gasteiger partial charge on any atom is -0.324 e. The molecule has 56 heavy (non-hydrogen) atoms. The Morgan fingerprint density at radius 1 is 0.304 bits per heavy atom. The van der Waals surface area contributed by atoms with E-state index in [2.05, 4.69) is 78.4 Å². The number of nitrogens with one attached hydrogen (secondary N) is 2. The Balaban J connectivity index is 1.28. The van der Waals surface area contributed by atoms with Crippen molar-refractivity contribution < 1.29 is 0 Å². The van der Waals surface area contributed by atoms with Crippen molar-refractivity contribution in [3.05, 3.63) is 122 Å². The van der Waals surface area contributed by atoms with Gasteiger partial charge in [-0.3, -0.25) is 19.9 Å². The van der Waals surface area contributed by atoms with Crippen LogP contribution in [0.4, 0.5) is 0 Å². The highest BCUT2D eigenvalue weighted by Crippen LogP contribution is 2.42. The van der Waals surface area contributed by atoms with E-state index in [0.717, 1.165) is 86.9 Å². The van der Waals surface area contributed by atoms with E-state index >= 15 is 0 Å². The van der Waals surface area contributed by atoms with Crippen LogP contribution in [-0.4, -0.2) is 59.8 Å². The Bertz CT molecular complexity index is 3490. The van der Waals surface area contributed by atoms with Crippen molar-refractivity contribution in [2.75, 3.05) is 0 Å². The second-order valence-corrected chi connectivity index (χ2v) is 13.9. The molecule has 8 bridgehead atoms. The van der Waals surface area contributed by atoms with Gasteiger partial charge in [0, 0.05) is 115 Å². The van der Waals surface area contributed by atoms with Gasteiger partial charge in [0.2, 0.25) is 0 Å². The van der Waals surface area contributed by atoms with Gasteiger partial charge in [0.05, 0.1) is 0 Å². The standard InChI is InChI=1S/C44H22N12/c1-5-25-33(29-17-45-13-9-21(1)29)41-49-37(25)53-42-34-26(6-2-22-10-14-46-18-30(22)34)39(50-42)55-44-36-28(8-4-24-12-16-48-20-32(24)36)40(52-44)56-43-35-27(38(51-43)54-41)7-3-23-11-15-47-19-31(23)35/h1-20H,(H2,49,50,51,52,53,54,55,56). The first kappa shape index (κ1) is 29.3. The number of benzene rings is 4. The molecule has 4 aromatic carbocycles. The zero-order valence-electron chi connectivity index (χ0n) is 29.0. The fourth-order valence-electron chi connectivity index (χ4n) is 8.42. The molecule has 7 aromatic heterocycles. The molecule has 2 N–H and O–H groups in total. The summed E-state index contributed by atoms with van der Waals surface area (Å²) < 4.78 is 0. The van der Waals surface area contributed by atoms with Crippen LogP contribution in [0.2, 0.25) is 0 Å². The van der Waals surface area contributed by atoms with Gasteiger partial charge < -0.3 is 9.97 Å². The smallest absolute Gasteiger partial charge is 0.165 e. The maximum absolute atomic E-state index is 5.30. The molecule has 0 fully saturated rings. The summed E-state index contributed by atoms with van der Waals surface area (Å²) in [6.07, 6.45) is 14.6. The van der Waals surface area contributed by atoms with E-state index in [9.17, 15) is 0 Å². The average molecular weight is 719 g/mol. The van der Waals surface area contributed by atoms with Crippen molar-refractivity contribution in [1.82, 2.24) is 59.8 Å². The van der Waals surface area contributed by atoms with Gasteiger partial charge in [0.15, 0.2) is 23.3 Å². The minimum atomic E-state index is 0.510. The highest BCUT2D eigenvalue weighted by molar-refractivity contribution is 6.20. The summed E-state index contributed by atoms with van der Waals surface area (Å²) in [5.41, 5.74) is 5.78. The maximum atomic E-state index is 5.30. The molecule has 0 aliphatic carbocycles. The normalized spacial score (nSPS) is 12.3. The quantitative estimate of drug-likeness (QED) is 0.155. The lowest BCUT2D eigenvalue weighted by Crippen LogP contribution is -1.86. The summed E-state index contributed by atoms with van der Waals surface area (Å²) in [6.45, 7) is 0. The van der Waals surface area contributed by atoms with Gasteiger partial charge in [-0.2, -0.15) is 0 Å². The lowest BCUT2D eigenvalue weighted by atomic mass is 10.0. The summed E-state index contributed by atoms with van der Waals surface area (Å²) >= 11 is 0. The number of nitrogens with zero attached hydrogens (tertiary/aromatic N) is 10. The van der Waals surface area contributed by atoms with Gasteiger partial charge in [-0.05, 0) is 70.1 Å². The molecule has 258 valence electrons. The molecular formula is C44H22N12. The van der Waals surface area contributed by atoms with Gasteiger partial charge in [-0.25, -0.2) is 29.9 Å². The van der Waals surface area contributed by atoms with E-state index in [0.29, 0.717) is 45.9 Å². The molecule has 0 unspecified atom stereocenters. The first-order valence-electron chi connectivity index (χ1n) is 18.0. The van der Waals surface area contributed by atoms with Crippen molar-refractivity contribution >= 4 is 87.2 Å². The van der Waals surface area contributed by atoms with Crippen molar-refractivity contribution in [1.29, 1.82) is 0 Å². The predicted molar refractivity (Wildman–Crippen MR) is 217 cm³/mol.